The smallest absolute Gasteiger partial charge is 0.263 e. The first-order valence-corrected chi connectivity index (χ1v) is 11.7. The molecule has 1 aliphatic rings. The van der Waals surface area contributed by atoms with Crippen molar-refractivity contribution in [1.29, 1.82) is 0 Å². The van der Waals surface area contributed by atoms with E-state index < -0.39 is 0 Å². The number of thioether (sulfide) groups is 1. The molecule has 1 aliphatic carbocycles. The van der Waals surface area contributed by atoms with Crippen LogP contribution in [0.1, 0.15) is 50.5 Å². The van der Waals surface area contributed by atoms with Crippen molar-refractivity contribution in [2.24, 2.45) is 5.92 Å². The Kier molecular flexibility index (Phi) is 6.99. The Labute approximate surface area is 174 Å². The molecule has 0 aromatic carbocycles. The second-order valence-electron chi connectivity index (χ2n) is 7.72. The van der Waals surface area contributed by atoms with Crippen LogP contribution >= 0.6 is 23.1 Å². The van der Waals surface area contributed by atoms with E-state index in [1.165, 1.54) is 28.6 Å². The molecule has 1 N–H and O–H groups in total. The lowest BCUT2D eigenvalue weighted by atomic mass is 9.97. The molecule has 0 radical (unpaired) electrons. The van der Waals surface area contributed by atoms with E-state index >= 15 is 0 Å². The molecule has 0 saturated heterocycles. The van der Waals surface area contributed by atoms with Crippen molar-refractivity contribution >= 4 is 39.2 Å². The third-order valence-corrected chi connectivity index (χ3v) is 7.32. The van der Waals surface area contributed by atoms with Crippen LogP contribution in [0.3, 0.4) is 0 Å². The highest BCUT2D eigenvalue weighted by atomic mass is 32.2. The number of amides is 1. The molecule has 1 atom stereocenters. The summed E-state index contributed by atoms with van der Waals surface area (Å²) in [5.74, 6) is 0.422. The predicted octanol–water partition coefficient (Wildman–Crippen LogP) is 4.17. The molecule has 2 aromatic rings. The summed E-state index contributed by atoms with van der Waals surface area (Å²) < 4.78 is 1.80. The number of nitrogens with one attached hydrogen (secondary N) is 1. The third kappa shape index (κ3) is 4.51. The maximum atomic E-state index is 13.4. The van der Waals surface area contributed by atoms with E-state index in [1.54, 1.807) is 22.0 Å². The van der Waals surface area contributed by atoms with Gasteiger partial charge in [-0.2, -0.15) is 0 Å². The molecule has 7 heteroatoms. The molecule has 0 bridgehead atoms. The second-order valence-corrected chi connectivity index (χ2v) is 10.1. The van der Waals surface area contributed by atoms with Crippen molar-refractivity contribution in [3.63, 3.8) is 0 Å². The summed E-state index contributed by atoms with van der Waals surface area (Å²) in [6.45, 7) is 10.9. The number of aromatic nitrogens is 2. The maximum Gasteiger partial charge on any atom is 0.263 e. The van der Waals surface area contributed by atoms with Crippen LogP contribution in [0.5, 0.6) is 0 Å². The molecular formula is C21H29N3O2S2. The Morgan fingerprint density at radius 1 is 1.36 bits per heavy atom. The Balaban J connectivity index is 2.01. The van der Waals surface area contributed by atoms with Crippen molar-refractivity contribution in [2.45, 2.75) is 69.8 Å². The summed E-state index contributed by atoms with van der Waals surface area (Å²) in [7, 11) is 0. The number of carbonyl (C=O) groups is 1. The fraction of sp³-hybridized carbons (Fsp3) is 0.571. The average molecular weight is 420 g/mol. The Morgan fingerprint density at radius 2 is 2.11 bits per heavy atom. The van der Waals surface area contributed by atoms with Crippen molar-refractivity contribution in [3.05, 3.63) is 33.4 Å². The number of rotatable bonds is 8. The lowest BCUT2D eigenvalue weighted by Crippen LogP contribution is -2.32. The van der Waals surface area contributed by atoms with Crippen molar-refractivity contribution in [3.8, 4) is 0 Å². The number of aryl methyl sites for hydroxylation is 2. The molecule has 2 heterocycles. The fourth-order valence-corrected chi connectivity index (χ4v) is 5.68. The summed E-state index contributed by atoms with van der Waals surface area (Å²) in [6, 6.07) is 0. The highest BCUT2D eigenvalue weighted by molar-refractivity contribution is 8.00. The zero-order valence-corrected chi connectivity index (χ0v) is 18.5. The average Bonchev–Trinajstić information content (AvgIpc) is 3.03. The quantitative estimate of drug-likeness (QED) is 0.396. The topological polar surface area (TPSA) is 64.0 Å². The van der Waals surface area contributed by atoms with Gasteiger partial charge in [0, 0.05) is 18.0 Å². The number of hydrogen-bond donors (Lipinski definition) is 1. The van der Waals surface area contributed by atoms with Gasteiger partial charge in [-0.3, -0.25) is 14.2 Å². The Hall–Kier alpha value is -1.60. The van der Waals surface area contributed by atoms with Gasteiger partial charge in [0.05, 0.1) is 10.6 Å². The summed E-state index contributed by atoms with van der Waals surface area (Å²) in [6.07, 6.45) is 6.91. The zero-order chi connectivity index (χ0) is 20.3. The van der Waals surface area contributed by atoms with Crippen LogP contribution in [0, 0.1) is 5.92 Å². The van der Waals surface area contributed by atoms with E-state index in [0.717, 1.165) is 35.9 Å². The molecule has 28 heavy (non-hydrogen) atoms. The van der Waals surface area contributed by atoms with Crippen LogP contribution in [0.15, 0.2) is 22.6 Å². The van der Waals surface area contributed by atoms with Gasteiger partial charge in [0.1, 0.15) is 4.83 Å². The van der Waals surface area contributed by atoms with Gasteiger partial charge in [-0.25, -0.2) is 4.98 Å². The van der Waals surface area contributed by atoms with E-state index in [0.29, 0.717) is 24.2 Å². The van der Waals surface area contributed by atoms with Gasteiger partial charge in [-0.05, 0) is 50.5 Å². The number of fused-ring (bicyclic) bond motifs is 3. The fourth-order valence-electron chi connectivity index (χ4n) is 3.42. The van der Waals surface area contributed by atoms with E-state index in [4.69, 9.17) is 4.98 Å². The Bertz CT molecular complexity index is 930. The van der Waals surface area contributed by atoms with Crippen LogP contribution < -0.4 is 10.9 Å². The molecule has 0 unspecified atom stereocenters. The lowest BCUT2D eigenvalue weighted by Gasteiger charge is -2.16. The minimum Gasteiger partial charge on any atom is -0.352 e. The minimum absolute atomic E-state index is 0.0613. The van der Waals surface area contributed by atoms with E-state index in [1.807, 2.05) is 6.92 Å². The molecular weight excluding hydrogens is 390 g/mol. The van der Waals surface area contributed by atoms with Crippen molar-refractivity contribution in [1.82, 2.24) is 14.9 Å². The molecule has 0 saturated carbocycles. The molecule has 0 aliphatic heterocycles. The molecule has 5 nitrogen and oxygen atoms in total. The van der Waals surface area contributed by atoms with Gasteiger partial charge in [-0.15, -0.1) is 17.9 Å². The number of nitrogens with zero attached hydrogens (tertiary/aromatic N) is 2. The second kappa shape index (κ2) is 9.27. The van der Waals surface area contributed by atoms with Gasteiger partial charge in [0.15, 0.2) is 5.16 Å². The molecule has 1 amide bonds. The van der Waals surface area contributed by atoms with Crippen LogP contribution in [-0.2, 0) is 24.2 Å². The highest BCUT2D eigenvalue weighted by Crippen LogP contribution is 2.35. The van der Waals surface area contributed by atoms with Gasteiger partial charge in [0.25, 0.3) is 5.56 Å². The van der Waals surface area contributed by atoms with Gasteiger partial charge < -0.3 is 5.32 Å². The standard InChI is InChI=1S/C21H29N3O2S2/c1-5-11-22-18(25)14(4)27-21-23-19-17(15-8-6-7-9-16(15)28-19)20(26)24(21)12-10-13(2)3/h5,13-14H,1,6-12H2,2-4H3,(H,22,25)/t14-/m0/s1. The minimum atomic E-state index is -0.329. The van der Waals surface area contributed by atoms with Crippen LogP contribution in [0.25, 0.3) is 10.2 Å². The molecule has 3 rings (SSSR count). The highest BCUT2D eigenvalue weighted by Gasteiger charge is 2.24. The first-order valence-electron chi connectivity index (χ1n) is 10.0. The van der Waals surface area contributed by atoms with E-state index in [9.17, 15) is 9.59 Å². The first kappa shape index (κ1) is 21.1. The maximum absolute atomic E-state index is 13.4. The number of carbonyl (C=O) groups excluding carboxylic acids is 1. The SMILES string of the molecule is C=CCNC(=O)[C@H](C)Sc1nc2sc3c(c2c(=O)n1CCC(C)C)CCCC3. The zero-order valence-electron chi connectivity index (χ0n) is 16.9. The summed E-state index contributed by atoms with van der Waals surface area (Å²) in [5, 5.41) is 3.96. The van der Waals surface area contributed by atoms with Crippen LogP contribution in [0.4, 0.5) is 0 Å². The van der Waals surface area contributed by atoms with Gasteiger partial charge in [-0.1, -0.05) is 31.7 Å². The summed E-state index contributed by atoms with van der Waals surface area (Å²) in [5.41, 5.74) is 1.28. The van der Waals surface area contributed by atoms with Gasteiger partial charge in [0.2, 0.25) is 5.91 Å². The molecule has 152 valence electrons. The Morgan fingerprint density at radius 3 is 2.82 bits per heavy atom. The monoisotopic (exact) mass is 419 g/mol. The summed E-state index contributed by atoms with van der Waals surface area (Å²) >= 11 is 3.03. The molecule has 2 aromatic heterocycles. The van der Waals surface area contributed by atoms with E-state index in [2.05, 4.69) is 25.7 Å². The van der Waals surface area contributed by atoms with Crippen LogP contribution in [-0.4, -0.2) is 27.3 Å². The lowest BCUT2D eigenvalue weighted by molar-refractivity contribution is -0.120. The van der Waals surface area contributed by atoms with Gasteiger partial charge >= 0.3 is 0 Å². The van der Waals surface area contributed by atoms with Crippen LogP contribution in [0.2, 0.25) is 0 Å². The first-order chi connectivity index (χ1) is 13.4. The molecule has 0 spiro atoms. The number of thiophene rings is 1. The number of hydrogen-bond acceptors (Lipinski definition) is 5. The van der Waals surface area contributed by atoms with Crippen molar-refractivity contribution in [2.75, 3.05) is 6.54 Å². The predicted molar refractivity (Wildman–Crippen MR) is 119 cm³/mol. The molecule has 0 fully saturated rings. The largest absolute Gasteiger partial charge is 0.352 e. The summed E-state index contributed by atoms with van der Waals surface area (Å²) in [4.78, 5) is 32.7. The normalized spacial score (nSPS) is 14.9. The van der Waals surface area contributed by atoms with E-state index in [-0.39, 0.29) is 16.7 Å². The third-order valence-electron chi connectivity index (χ3n) is 5.04. The van der Waals surface area contributed by atoms with Crippen molar-refractivity contribution < 1.29 is 4.79 Å².